The molecule has 0 heterocycles. The van der Waals surface area contributed by atoms with Gasteiger partial charge in [0.25, 0.3) is 0 Å². The van der Waals surface area contributed by atoms with Crippen LogP contribution in [0, 0.1) is 0 Å². The van der Waals surface area contributed by atoms with Crippen LogP contribution in [-0.4, -0.2) is 17.7 Å². The van der Waals surface area contributed by atoms with Gasteiger partial charge in [-0.15, -0.1) is 0 Å². The van der Waals surface area contributed by atoms with Crippen LogP contribution in [0.4, 0.5) is 0 Å². The molecule has 1 aromatic rings. The molecular weight excluding hydrogens is 314 g/mol. The smallest absolute Gasteiger partial charge is 0.134 e. The van der Waals surface area contributed by atoms with Gasteiger partial charge in [-0.2, -0.15) is 0 Å². The number of halogens is 2. The summed E-state index contributed by atoms with van der Waals surface area (Å²) in [6, 6.07) is 5.64. The first-order valence-electron chi connectivity index (χ1n) is 6.19. The number of hydrogen-bond acceptors (Lipinski definition) is 2. The second-order valence-corrected chi connectivity index (χ2v) is 7.25. The summed E-state index contributed by atoms with van der Waals surface area (Å²) in [5.41, 5.74) is 0.0831. The number of benzene rings is 1. The Labute approximate surface area is 122 Å². The van der Waals surface area contributed by atoms with Crippen molar-refractivity contribution in [2.24, 2.45) is 0 Å². The van der Waals surface area contributed by atoms with Crippen LogP contribution in [0.25, 0.3) is 0 Å². The lowest BCUT2D eigenvalue weighted by atomic mass is 10.1. The lowest BCUT2D eigenvalue weighted by molar-refractivity contribution is 0.163. The molecule has 18 heavy (non-hydrogen) atoms. The van der Waals surface area contributed by atoms with E-state index < -0.39 is 0 Å². The van der Waals surface area contributed by atoms with E-state index in [0.29, 0.717) is 5.02 Å². The zero-order valence-corrected chi connectivity index (χ0v) is 13.4. The van der Waals surface area contributed by atoms with Gasteiger partial charge >= 0.3 is 0 Å². The molecule has 0 unspecified atom stereocenters. The highest BCUT2D eigenvalue weighted by Crippen LogP contribution is 2.42. The molecule has 0 aromatic heterocycles. The van der Waals surface area contributed by atoms with Crippen LogP contribution in [0.2, 0.25) is 5.02 Å². The molecule has 0 atom stereocenters. The minimum absolute atomic E-state index is 0.0381. The predicted molar refractivity (Wildman–Crippen MR) is 79.5 cm³/mol. The molecule has 0 spiro atoms. The second-order valence-electron chi connectivity index (χ2n) is 5.96. The quantitative estimate of drug-likeness (QED) is 0.882. The molecule has 0 aliphatic heterocycles. The van der Waals surface area contributed by atoms with Crippen LogP contribution in [0.3, 0.4) is 0 Å². The van der Waals surface area contributed by atoms with Crippen LogP contribution in [0.5, 0.6) is 5.75 Å². The average molecular weight is 333 g/mol. The average Bonchev–Trinajstić information content (AvgIpc) is 3.00. The molecule has 1 N–H and O–H groups in total. The van der Waals surface area contributed by atoms with Crippen molar-refractivity contribution in [3.05, 3.63) is 27.7 Å². The first kappa shape index (κ1) is 14.2. The van der Waals surface area contributed by atoms with E-state index in [9.17, 15) is 0 Å². The molecule has 1 aromatic carbocycles. The van der Waals surface area contributed by atoms with Gasteiger partial charge in [0.05, 0.1) is 4.47 Å². The molecule has 2 rings (SSSR count). The van der Waals surface area contributed by atoms with E-state index >= 15 is 0 Å². The monoisotopic (exact) mass is 331 g/mol. The van der Waals surface area contributed by atoms with E-state index in [-0.39, 0.29) is 11.1 Å². The third-order valence-electron chi connectivity index (χ3n) is 2.97. The Morgan fingerprint density at radius 3 is 2.56 bits per heavy atom. The second kappa shape index (κ2) is 5.03. The Bertz CT molecular complexity index is 438. The summed E-state index contributed by atoms with van der Waals surface area (Å²) in [5.74, 6) is 0.868. The summed E-state index contributed by atoms with van der Waals surface area (Å²) in [6.45, 7) is 7.38. The Morgan fingerprint density at radius 1 is 1.39 bits per heavy atom. The van der Waals surface area contributed by atoms with Gasteiger partial charge in [-0.3, -0.25) is 0 Å². The number of rotatable bonds is 4. The van der Waals surface area contributed by atoms with Gasteiger partial charge in [-0.25, -0.2) is 0 Å². The van der Waals surface area contributed by atoms with Crippen LogP contribution in [0.1, 0.15) is 33.6 Å². The number of ether oxygens (including phenoxy) is 1. The van der Waals surface area contributed by atoms with E-state index in [4.69, 9.17) is 16.3 Å². The molecular formula is C14H19BrClNO. The molecule has 0 radical (unpaired) electrons. The largest absolute Gasteiger partial charge is 0.485 e. The topological polar surface area (TPSA) is 21.3 Å². The fourth-order valence-corrected chi connectivity index (χ4v) is 2.44. The lowest BCUT2D eigenvalue weighted by Crippen LogP contribution is -2.43. The molecule has 1 fully saturated rings. The van der Waals surface area contributed by atoms with Crippen molar-refractivity contribution < 1.29 is 4.74 Å². The van der Waals surface area contributed by atoms with Crippen molar-refractivity contribution in [1.82, 2.24) is 5.32 Å². The normalized spacial score (nSPS) is 17.6. The van der Waals surface area contributed by atoms with Crippen molar-refractivity contribution in [1.29, 1.82) is 0 Å². The predicted octanol–water partition coefficient (Wildman–Crippen LogP) is 4.40. The van der Waals surface area contributed by atoms with E-state index in [1.807, 2.05) is 18.2 Å². The molecule has 1 saturated carbocycles. The van der Waals surface area contributed by atoms with Gasteiger partial charge in [0.2, 0.25) is 0 Å². The van der Waals surface area contributed by atoms with E-state index in [1.54, 1.807) is 0 Å². The van der Waals surface area contributed by atoms with E-state index in [0.717, 1.165) is 29.6 Å². The van der Waals surface area contributed by atoms with Crippen LogP contribution in [0.15, 0.2) is 22.7 Å². The zero-order chi connectivity index (χ0) is 13.4. The summed E-state index contributed by atoms with van der Waals surface area (Å²) >= 11 is 9.42. The minimum atomic E-state index is -0.0381. The van der Waals surface area contributed by atoms with Crippen LogP contribution >= 0.6 is 27.5 Å². The van der Waals surface area contributed by atoms with Crippen molar-refractivity contribution in [3.8, 4) is 5.75 Å². The maximum Gasteiger partial charge on any atom is 0.134 e. The summed E-state index contributed by atoms with van der Waals surface area (Å²) in [5, 5.41) is 4.22. The van der Waals surface area contributed by atoms with Crippen molar-refractivity contribution in [3.63, 3.8) is 0 Å². The fourth-order valence-electron chi connectivity index (χ4n) is 1.67. The molecule has 2 nitrogen and oxygen atoms in total. The highest BCUT2D eigenvalue weighted by Gasteiger charge is 2.46. The highest BCUT2D eigenvalue weighted by molar-refractivity contribution is 9.10. The molecule has 1 aliphatic rings. The summed E-state index contributed by atoms with van der Waals surface area (Å²) in [7, 11) is 0. The van der Waals surface area contributed by atoms with Crippen LogP contribution < -0.4 is 10.1 Å². The molecule has 1 aliphatic carbocycles. The van der Waals surface area contributed by atoms with E-state index in [2.05, 4.69) is 42.0 Å². The SMILES string of the molecule is CC(C)(C)NCC1(Oc2ccc(Cl)cc2Br)CC1. The highest BCUT2D eigenvalue weighted by atomic mass is 79.9. The molecule has 100 valence electrons. The Morgan fingerprint density at radius 2 is 2.06 bits per heavy atom. The third-order valence-corrected chi connectivity index (χ3v) is 3.82. The standard InChI is InChI=1S/C14H19BrClNO/c1-13(2,3)17-9-14(6-7-14)18-12-5-4-10(16)8-11(12)15/h4-5,8,17H,6-7,9H2,1-3H3. The van der Waals surface area contributed by atoms with E-state index in [1.165, 1.54) is 0 Å². The third kappa shape index (κ3) is 3.87. The Kier molecular flexibility index (Phi) is 3.96. The van der Waals surface area contributed by atoms with Gasteiger partial charge in [0.15, 0.2) is 0 Å². The van der Waals surface area contributed by atoms with Crippen LogP contribution in [-0.2, 0) is 0 Å². The minimum Gasteiger partial charge on any atom is -0.485 e. The van der Waals surface area contributed by atoms with Crippen molar-refractivity contribution >= 4 is 27.5 Å². The van der Waals surface area contributed by atoms with Crippen molar-refractivity contribution in [2.45, 2.75) is 44.8 Å². The summed E-state index contributed by atoms with van der Waals surface area (Å²) < 4.78 is 7.04. The van der Waals surface area contributed by atoms with Gasteiger partial charge < -0.3 is 10.1 Å². The zero-order valence-electron chi connectivity index (χ0n) is 11.0. The Hall–Kier alpha value is -0.250. The molecule has 0 amide bonds. The summed E-state index contributed by atoms with van der Waals surface area (Å²) in [6.07, 6.45) is 2.20. The lowest BCUT2D eigenvalue weighted by Gasteiger charge is -2.26. The first-order valence-corrected chi connectivity index (χ1v) is 7.36. The summed E-state index contributed by atoms with van der Waals surface area (Å²) in [4.78, 5) is 0. The molecule has 0 bridgehead atoms. The van der Waals surface area contributed by atoms with Gasteiger partial charge in [0, 0.05) is 17.1 Å². The number of hydrogen-bond donors (Lipinski definition) is 1. The fraction of sp³-hybridized carbons (Fsp3) is 0.571. The van der Waals surface area contributed by atoms with Gasteiger partial charge in [0.1, 0.15) is 11.4 Å². The Balaban J connectivity index is 2.00. The van der Waals surface area contributed by atoms with Crippen molar-refractivity contribution in [2.75, 3.05) is 6.54 Å². The maximum atomic E-state index is 6.13. The first-order chi connectivity index (χ1) is 8.30. The van der Waals surface area contributed by atoms with Gasteiger partial charge in [-0.1, -0.05) is 11.6 Å². The number of nitrogens with one attached hydrogen (secondary N) is 1. The molecule has 0 saturated heterocycles. The van der Waals surface area contributed by atoms with Gasteiger partial charge in [-0.05, 0) is 67.7 Å². The molecule has 4 heteroatoms. The maximum absolute atomic E-state index is 6.13.